The molecular weight excluding hydrogens is 298 g/mol. The van der Waals surface area contributed by atoms with E-state index < -0.39 is 6.09 Å². The predicted molar refractivity (Wildman–Crippen MR) is 96.6 cm³/mol. The first-order valence-electron chi connectivity index (χ1n) is 7.90. The molecule has 2 N–H and O–H groups in total. The lowest BCUT2D eigenvalue weighted by Crippen LogP contribution is -2.10. The van der Waals surface area contributed by atoms with E-state index in [1.807, 2.05) is 48.5 Å². The number of benzene rings is 3. The van der Waals surface area contributed by atoms with Crippen molar-refractivity contribution in [2.45, 2.75) is 12.8 Å². The number of nitrogens with one attached hydrogen (secondary N) is 1. The van der Waals surface area contributed by atoms with Gasteiger partial charge in [0.1, 0.15) is 0 Å². The first-order chi connectivity index (χ1) is 11.7. The molecule has 3 aromatic carbocycles. The maximum atomic E-state index is 11.0. The molecule has 3 aromatic rings. The summed E-state index contributed by atoms with van der Waals surface area (Å²) in [6, 6.07) is 26.2. The van der Waals surface area contributed by atoms with Gasteiger partial charge in [0.05, 0.1) is 0 Å². The molecule has 0 radical (unpaired) electrons. The van der Waals surface area contributed by atoms with Crippen LogP contribution in [0.3, 0.4) is 0 Å². The van der Waals surface area contributed by atoms with Gasteiger partial charge < -0.3 is 5.11 Å². The van der Waals surface area contributed by atoms with Gasteiger partial charge in [-0.05, 0) is 41.2 Å². The fourth-order valence-electron chi connectivity index (χ4n) is 2.79. The molecular formula is C21H19NO2. The first kappa shape index (κ1) is 15.8. The average Bonchev–Trinajstić information content (AvgIpc) is 2.59. The highest BCUT2D eigenvalue weighted by Crippen LogP contribution is 2.23. The van der Waals surface area contributed by atoms with E-state index in [1.165, 1.54) is 11.1 Å². The molecule has 0 saturated heterocycles. The van der Waals surface area contributed by atoms with E-state index in [0.29, 0.717) is 12.1 Å². The van der Waals surface area contributed by atoms with Crippen molar-refractivity contribution in [2.75, 3.05) is 5.32 Å². The van der Waals surface area contributed by atoms with Gasteiger partial charge in [-0.2, -0.15) is 0 Å². The molecule has 0 heterocycles. The van der Waals surface area contributed by atoms with Gasteiger partial charge in [0, 0.05) is 5.69 Å². The molecule has 3 nitrogen and oxygen atoms in total. The van der Waals surface area contributed by atoms with Crippen LogP contribution < -0.4 is 5.32 Å². The summed E-state index contributed by atoms with van der Waals surface area (Å²) in [7, 11) is 0. The Kier molecular flexibility index (Phi) is 4.92. The molecule has 0 aliphatic carbocycles. The summed E-state index contributed by atoms with van der Waals surface area (Å²) in [6.45, 7) is 0. The maximum Gasteiger partial charge on any atom is 0.409 e. The fraction of sp³-hybridized carbons (Fsp3) is 0.0952. The second-order valence-corrected chi connectivity index (χ2v) is 5.75. The molecule has 0 atom stereocenters. The highest BCUT2D eigenvalue weighted by atomic mass is 16.4. The fourth-order valence-corrected chi connectivity index (χ4v) is 2.79. The quantitative estimate of drug-likeness (QED) is 0.699. The van der Waals surface area contributed by atoms with E-state index in [4.69, 9.17) is 5.11 Å². The van der Waals surface area contributed by atoms with E-state index in [2.05, 4.69) is 35.6 Å². The molecule has 3 rings (SSSR count). The van der Waals surface area contributed by atoms with Crippen LogP contribution in [0.15, 0.2) is 78.9 Å². The molecule has 120 valence electrons. The largest absolute Gasteiger partial charge is 0.465 e. The molecule has 0 aliphatic rings. The van der Waals surface area contributed by atoms with Gasteiger partial charge >= 0.3 is 6.09 Å². The molecule has 1 amide bonds. The SMILES string of the molecule is O=C(O)Nc1ccc(Cc2ccccc2)cc1Cc1ccccc1. The normalized spacial score (nSPS) is 10.3. The van der Waals surface area contributed by atoms with Crippen molar-refractivity contribution < 1.29 is 9.90 Å². The Bertz CT molecular complexity index is 814. The molecule has 24 heavy (non-hydrogen) atoms. The first-order valence-corrected chi connectivity index (χ1v) is 7.90. The monoisotopic (exact) mass is 317 g/mol. The van der Waals surface area contributed by atoms with Gasteiger partial charge in [-0.3, -0.25) is 5.32 Å². The number of carbonyl (C=O) groups is 1. The Morgan fingerprint density at radius 2 is 1.33 bits per heavy atom. The van der Waals surface area contributed by atoms with E-state index in [0.717, 1.165) is 17.5 Å². The third kappa shape index (κ3) is 4.23. The Morgan fingerprint density at radius 1 is 0.750 bits per heavy atom. The van der Waals surface area contributed by atoms with Crippen LogP contribution in [0.1, 0.15) is 22.3 Å². The van der Waals surface area contributed by atoms with Crippen LogP contribution in [0.4, 0.5) is 10.5 Å². The lowest BCUT2D eigenvalue weighted by Gasteiger charge is -2.12. The maximum absolute atomic E-state index is 11.0. The standard InChI is InChI=1S/C21H19NO2/c23-21(24)22-20-12-11-18(13-16-7-3-1-4-8-16)15-19(20)14-17-9-5-2-6-10-17/h1-12,15,22H,13-14H2,(H,23,24). The Labute approximate surface area is 141 Å². The minimum atomic E-state index is -1.04. The van der Waals surface area contributed by atoms with E-state index in [1.54, 1.807) is 0 Å². The van der Waals surface area contributed by atoms with Crippen LogP contribution in [0, 0.1) is 0 Å². The summed E-state index contributed by atoms with van der Waals surface area (Å²) >= 11 is 0. The number of hydrogen-bond donors (Lipinski definition) is 2. The molecule has 3 heteroatoms. The van der Waals surface area contributed by atoms with Gasteiger partial charge in [-0.25, -0.2) is 4.79 Å². The topological polar surface area (TPSA) is 49.3 Å². The van der Waals surface area contributed by atoms with Crippen LogP contribution in [0.5, 0.6) is 0 Å². The van der Waals surface area contributed by atoms with Crippen molar-refractivity contribution in [3.05, 3.63) is 101 Å². The van der Waals surface area contributed by atoms with Crippen molar-refractivity contribution in [2.24, 2.45) is 0 Å². The smallest absolute Gasteiger partial charge is 0.409 e. The molecule has 0 aliphatic heterocycles. The van der Waals surface area contributed by atoms with Gasteiger partial charge in [-0.15, -0.1) is 0 Å². The zero-order valence-electron chi connectivity index (χ0n) is 13.3. The van der Waals surface area contributed by atoms with Gasteiger partial charge in [-0.1, -0.05) is 72.8 Å². The lowest BCUT2D eigenvalue weighted by molar-refractivity contribution is 0.209. The summed E-state index contributed by atoms with van der Waals surface area (Å²) in [5.41, 5.74) is 5.19. The molecule has 0 saturated carbocycles. The second kappa shape index (κ2) is 7.47. The third-order valence-electron chi connectivity index (χ3n) is 3.90. The number of amides is 1. The van der Waals surface area contributed by atoms with Gasteiger partial charge in [0.15, 0.2) is 0 Å². The van der Waals surface area contributed by atoms with Crippen LogP contribution in [0.2, 0.25) is 0 Å². The minimum Gasteiger partial charge on any atom is -0.465 e. The Morgan fingerprint density at radius 3 is 1.92 bits per heavy atom. The number of rotatable bonds is 5. The Balaban J connectivity index is 1.89. The van der Waals surface area contributed by atoms with Gasteiger partial charge in [0.25, 0.3) is 0 Å². The number of hydrogen-bond acceptors (Lipinski definition) is 1. The van der Waals surface area contributed by atoms with E-state index >= 15 is 0 Å². The zero-order valence-corrected chi connectivity index (χ0v) is 13.3. The summed E-state index contributed by atoms with van der Waals surface area (Å²) in [5, 5.41) is 11.6. The molecule has 0 fully saturated rings. The molecule has 0 aromatic heterocycles. The molecule has 0 bridgehead atoms. The third-order valence-corrected chi connectivity index (χ3v) is 3.90. The van der Waals surface area contributed by atoms with Crippen molar-refractivity contribution >= 4 is 11.8 Å². The summed E-state index contributed by atoms with van der Waals surface area (Å²) < 4.78 is 0. The van der Waals surface area contributed by atoms with Crippen LogP contribution in [-0.4, -0.2) is 11.2 Å². The van der Waals surface area contributed by atoms with Crippen molar-refractivity contribution in [1.82, 2.24) is 0 Å². The predicted octanol–water partition coefficient (Wildman–Crippen LogP) is 4.96. The summed E-state index contributed by atoms with van der Waals surface area (Å²) in [6.07, 6.45) is 0.481. The van der Waals surface area contributed by atoms with Crippen LogP contribution in [-0.2, 0) is 12.8 Å². The van der Waals surface area contributed by atoms with Crippen molar-refractivity contribution in [3.63, 3.8) is 0 Å². The van der Waals surface area contributed by atoms with Crippen LogP contribution >= 0.6 is 0 Å². The van der Waals surface area contributed by atoms with Crippen molar-refractivity contribution in [3.8, 4) is 0 Å². The Hall–Kier alpha value is -3.07. The van der Waals surface area contributed by atoms with Crippen LogP contribution in [0.25, 0.3) is 0 Å². The minimum absolute atomic E-state index is 0.642. The summed E-state index contributed by atoms with van der Waals surface area (Å²) in [5.74, 6) is 0. The highest BCUT2D eigenvalue weighted by molar-refractivity contribution is 5.84. The van der Waals surface area contributed by atoms with Gasteiger partial charge in [0.2, 0.25) is 0 Å². The molecule has 0 spiro atoms. The van der Waals surface area contributed by atoms with Crippen molar-refractivity contribution in [1.29, 1.82) is 0 Å². The highest BCUT2D eigenvalue weighted by Gasteiger charge is 2.08. The molecule has 0 unspecified atom stereocenters. The second-order valence-electron chi connectivity index (χ2n) is 5.75. The average molecular weight is 317 g/mol. The number of anilines is 1. The number of carboxylic acid groups (broad SMARTS) is 1. The zero-order chi connectivity index (χ0) is 16.8. The van der Waals surface area contributed by atoms with E-state index in [9.17, 15) is 4.79 Å². The lowest BCUT2D eigenvalue weighted by atomic mass is 9.97. The van der Waals surface area contributed by atoms with E-state index in [-0.39, 0.29) is 0 Å². The summed E-state index contributed by atoms with van der Waals surface area (Å²) in [4.78, 5) is 11.0.